The molecular weight excluding hydrogens is 305 g/mol. The normalized spacial score (nSPS) is 16.7. The molecule has 0 atom stereocenters. The molecule has 2 N–H and O–H groups in total. The van der Waals surface area contributed by atoms with Crippen LogP contribution in [0.25, 0.3) is 16.5 Å². The number of hydrogen-bond acceptors (Lipinski definition) is 2. The number of hydrogen-bond donors (Lipinski definition) is 2. The third-order valence-corrected chi connectivity index (χ3v) is 4.15. The monoisotopic (exact) mass is 322 g/mol. The van der Waals surface area contributed by atoms with Crippen LogP contribution in [-0.4, -0.2) is 10.5 Å². The molecule has 1 aromatic carbocycles. The molecule has 0 radical (unpaired) electrons. The zero-order chi connectivity index (χ0) is 17.2. The topological polar surface area (TPSA) is 44.9 Å². The van der Waals surface area contributed by atoms with Crippen LogP contribution in [0, 0.1) is 6.92 Å². The lowest BCUT2D eigenvalue weighted by molar-refractivity contribution is -0.136. The number of halogens is 3. The van der Waals surface area contributed by atoms with Crippen LogP contribution in [0.3, 0.4) is 0 Å². The van der Waals surface area contributed by atoms with Gasteiger partial charge in [0.15, 0.2) is 0 Å². The Labute approximate surface area is 131 Å². The fourth-order valence-electron chi connectivity index (χ4n) is 3.24. The summed E-state index contributed by atoms with van der Waals surface area (Å²) in [6.45, 7) is 7.57. The first kappa shape index (κ1) is 15.6. The summed E-state index contributed by atoms with van der Waals surface area (Å²) in [5, 5.41) is 3.34. The first-order chi connectivity index (χ1) is 10.5. The fraction of sp³-hybridized carbons (Fsp3) is 0.353. The van der Waals surface area contributed by atoms with Crippen molar-refractivity contribution in [3.05, 3.63) is 45.3 Å². The third-order valence-electron chi connectivity index (χ3n) is 4.15. The molecule has 3 nitrogen and oxygen atoms in total. The minimum Gasteiger partial charge on any atom is -0.376 e. The summed E-state index contributed by atoms with van der Waals surface area (Å²) >= 11 is 0. The van der Waals surface area contributed by atoms with E-state index in [9.17, 15) is 18.0 Å². The van der Waals surface area contributed by atoms with Crippen molar-refractivity contribution >= 4 is 22.2 Å². The number of pyridine rings is 1. The number of benzene rings is 1. The average Bonchev–Trinajstić information content (AvgIpc) is 2.38. The highest BCUT2D eigenvalue weighted by Crippen LogP contribution is 2.42. The van der Waals surface area contributed by atoms with Crippen LogP contribution in [0.5, 0.6) is 0 Å². The Morgan fingerprint density at radius 3 is 2.39 bits per heavy atom. The van der Waals surface area contributed by atoms with Gasteiger partial charge in [-0.15, -0.1) is 0 Å². The van der Waals surface area contributed by atoms with Crippen molar-refractivity contribution in [3.63, 3.8) is 0 Å². The number of anilines is 1. The molecule has 0 aliphatic carbocycles. The first-order valence-corrected chi connectivity index (χ1v) is 7.25. The van der Waals surface area contributed by atoms with Crippen molar-refractivity contribution in [1.29, 1.82) is 0 Å². The van der Waals surface area contributed by atoms with Crippen molar-refractivity contribution in [2.75, 3.05) is 5.32 Å². The van der Waals surface area contributed by atoms with Crippen molar-refractivity contribution in [2.24, 2.45) is 0 Å². The Balaban J connectivity index is 2.45. The molecule has 1 aliphatic rings. The number of alkyl halides is 3. The van der Waals surface area contributed by atoms with E-state index in [2.05, 4.69) is 10.3 Å². The van der Waals surface area contributed by atoms with Crippen molar-refractivity contribution in [3.8, 4) is 0 Å². The molecule has 122 valence electrons. The Hall–Kier alpha value is -2.24. The van der Waals surface area contributed by atoms with E-state index in [1.54, 1.807) is 6.92 Å². The van der Waals surface area contributed by atoms with E-state index in [1.165, 1.54) is 6.07 Å². The number of allylic oxidation sites excluding steroid dienone is 1. The van der Waals surface area contributed by atoms with Gasteiger partial charge in [-0.05, 0) is 44.9 Å². The fourth-order valence-corrected chi connectivity index (χ4v) is 3.24. The van der Waals surface area contributed by atoms with Gasteiger partial charge >= 0.3 is 6.18 Å². The minimum atomic E-state index is -4.58. The number of H-pyrrole nitrogens is 1. The second-order valence-corrected chi connectivity index (χ2v) is 6.57. The summed E-state index contributed by atoms with van der Waals surface area (Å²) in [7, 11) is 0. The first-order valence-electron chi connectivity index (χ1n) is 7.25. The maximum absolute atomic E-state index is 13.3. The SMILES string of the molecule is CC1=CC(C)(C)Nc2c1cc1c(C(F)(F)F)cc(=O)[nH]c1c2C. The number of aromatic amines is 1. The van der Waals surface area contributed by atoms with Gasteiger partial charge in [-0.3, -0.25) is 4.79 Å². The smallest absolute Gasteiger partial charge is 0.376 e. The highest BCUT2D eigenvalue weighted by atomic mass is 19.4. The highest BCUT2D eigenvalue weighted by Gasteiger charge is 2.35. The summed E-state index contributed by atoms with van der Waals surface area (Å²) in [4.78, 5) is 14.2. The summed E-state index contributed by atoms with van der Waals surface area (Å²) < 4.78 is 39.9. The lowest BCUT2D eigenvalue weighted by Crippen LogP contribution is -2.32. The zero-order valence-electron chi connectivity index (χ0n) is 13.3. The highest BCUT2D eigenvalue weighted by molar-refractivity contribution is 5.96. The number of nitrogens with one attached hydrogen (secondary N) is 2. The molecule has 0 bridgehead atoms. The van der Waals surface area contributed by atoms with Crippen molar-refractivity contribution in [1.82, 2.24) is 4.98 Å². The van der Waals surface area contributed by atoms with E-state index in [4.69, 9.17) is 0 Å². The molecular formula is C17H17F3N2O. The quantitative estimate of drug-likeness (QED) is 0.752. The van der Waals surface area contributed by atoms with Gasteiger partial charge in [0, 0.05) is 22.7 Å². The second kappa shape index (κ2) is 4.63. The summed E-state index contributed by atoms with van der Waals surface area (Å²) in [6.07, 6.45) is -2.59. The zero-order valence-corrected chi connectivity index (χ0v) is 13.3. The third kappa shape index (κ3) is 2.52. The summed E-state index contributed by atoms with van der Waals surface area (Å²) in [6, 6.07) is 2.12. The molecule has 6 heteroatoms. The molecule has 0 fully saturated rings. The summed E-state index contributed by atoms with van der Waals surface area (Å²) in [5.41, 5.74) is 1.27. The van der Waals surface area contributed by atoms with Gasteiger partial charge in [0.1, 0.15) is 0 Å². The van der Waals surface area contributed by atoms with Crippen LogP contribution in [-0.2, 0) is 6.18 Å². The lowest BCUT2D eigenvalue weighted by atomic mass is 9.87. The van der Waals surface area contributed by atoms with Gasteiger partial charge in [0.2, 0.25) is 5.56 Å². The number of aromatic nitrogens is 1. The maximum atomic E-state index is 13.3. The molecule has 0 spiro atoms. The van der Waals surface area contributed by atoms with Gasteiger partial charge in [0.25, 0.3) is 0 Å². The molecule has 0 unspecified atom stereocenters. The minimum absolute atomic E-state index is 0.0163. The van der Waals surface area contributed by atoms with Gasteiger partial charge in [0.05, 0.1) is 16.6 Å². The van der Waals surface area contributed by atoms with Gasteiger partial charge in [-0.25, -0.2) is 0 Å². The molecule has 3 rings (SSSR count). The molecule has 2 heterocycles. The number of fused-ring (bicyclic) bond motifs is 2. The number of aryl methyl sites for hydroxylation is 1. The van der Waals surface area contributed by atoms with Crippen LogP contribution in [0.2, 0.25) is 0 Å². The predicted molar refractivity (Wildman–Crippen MR) is 85.7 cm³/mol. The van der Waals surface area contributed by atoms with Gasteiger partial charge in [-0.1, -0.05) is 6.08 Å². The largest absolute Gasteiger partial charge is 0.417 e. The van der Waals surface area contributed by atoms with E-state index < -0.39 is 17.3 Å². The van der Waals surface area contributed by atoms with Crippen LogP contribution >= 0.6 is 0 Å². The molecule has 23 heavy (non-hydrogen) atoms. The standard InChI is InChI=1S/C17H17F3N2O/c1-8-7-16(3,4)22-15-9(2)14-11(5-10(8)15)12(17(18,19)20)6-13(23)21-14/h5-7,22H,1-4H3,(H,21,23). The van der Waals surface area contributed by atoms with Gasteiger partial charge in [-0.2, -0.15) is 13.2 Å². The van der Waals surface area contributed by atoms with E-state index in [0.29, 0.717) is 11.6 Å². The van der Waals surface area contributed by atoms with Crippen molar-refractivity contribution < 1.29 is 13.2 Å². The molecule has 2 aromatic rings. The Kier molecular flexibility index (Phi) is 3.15. The molecule has 1 aliphatic heterocycles. The average molecular weight is 322 g/mol. The number of rotatable bonds is 0. The van der Waals surface area contributed by atoms with E-state index in [0.717, 1.165) is 16.8 Å². The van der Waals surface area contributed by atoms with E-state index in [1.807, 2.05) is 26.8 Å². The predicted octanol–water partition coefficient (Wildman–Crippen LogP) is 4.46. The van der Waals surface area contributed by atoms with Gasteiger partial charge < -0.3 is 10.3 Å². The molecule has 0 saturated heterocycles. The van der Waals surface area contributed by atoms with E-state index in [-0.39, 0.29) is 16.4 Å². The van der Waals surface area contributed by atoms with Crippen LogP contribution in [0.1, 0.15) is 37.5 Å². The Morgan fingerprint density at radius 1 is 1.13 bits per heavy atom. The maximum Gasteiger partial charge on any atom is 0.417 e. The summed E-state index contributed by atoms with van der Waals surface area (Å²) in [5.74, 6) is 0. The molecule has 0 amide bonds. The van der Waals surface area contributed by atoms with Crippen LogP contribution in [0.15, 0.2) is 23.0 Å². The second-order valence-electron chi connectivity index (χ2n) is 6.57. The Morgan fingerprint density at radius 2 is 1.78 bits per heavy atom. The Bertz CT molecular complexity index is 905. The van der Waals surface area contributed by atoms with E-state index >= 15 is 0 Å². The molecule has 1 aromatic heterocycles. The molecule has 0 saturated carbocycles. The van der Waals surface area contributed by atoms with Crippen LogP contribution in [0.4, 0.5) is 18.9 Å². The van der Waals surface area contributed by atoms with Crippen molar-refractivity contribution in [2.45, 2.75) is 39.4 Å². The lowest BCUT2D eigenvalue weighted by Gasteiger charge is -2.33. The van der Waals surface area contributed by atoms with Crippen LogP contribution < -0.4 is 10.9 Å².